The van der Waals surface area contributed by atoms with Crippen molar-refractivity contribution in [3.8, 4) is 11.9 Å². The number of anilines is 1. The van der Waals surface area contributed by atoms with Crippen LogP contribution in [0.5, 0.6) is 11.9 Å². The third kappa shape index (κ3) is 2.76. The topological polar surface area (TPSA) is 104 Å². The van der Waals surface area contributed by atoms with Crippen LogP contribution in [0.4, 0.5) is 5.69 Å². The SMILES string of the molecule is COc1ncc(NC(=O)c2cn(C)nn2)c(OC)n1. The number of methoxy groups -OCH3 is 2. The molecule has 0 spiro atoms. The summed E-state index contributed by atoms with van der Waals surface area (Å²) in [6, 6.07) is 0.148. The van der Waals surface area contributed by atoms with Gasteiger partial charge >= 0.3 is 6.01 Å². The van der Waals surface area contributed by atoms with Crippen molar-refractivity contribution < 1.29 is 14.3 Å². The first kappa shape index (κ1) is 12.7. The molecule has 0 fully saturated rings. The molecule has 0 saturated heterocycles. The fourth-order valence-corrected chi connectivity index (χ4v) is 1.33. The number of nitrogens with one attached hydrogen (secondary N) is 1. The summed E-state index contributed by atoms with van der Waals surface area (Å²) in [6.07, 6.45) is 2.88. The molecule has 2 heterocycles. The van der Waals surface area contributed by atoms with Gasteiger partial charge in [-0.1, -0.05) is 5.21 Å². The summed E-state index contributed by atoms with van der Waals surface area (Å²) in [5.74, 6) is -0.232. The van der Waals surface area contributed by atoms with Crippen LogP contribution in [0, 0.1) is 0 Å². The van der Waals surface area contributed by atoms with E-state index in [1.165, 1.54) is 31.3 Å². The van der Waals surface area contributed by atoms with E-state index in [1.807, 2.05) is 0 Å². The number of hydrogen-bond acceptors (Lipinski definition) is 7. The van der Waals surface area contributed by atoms with Crippen LogP contribution in [0.3, 0.4) is 0 Å². The zero-order chi connectivity index (χ0) is 13.8. The highest BCUT2D eigenvalue weighted by molar-refractivity contribution is 6.03. The highest BCUT2D eigenvalue weighted by Crippen LogP contribution is 2.22. The molecule has 2 rings (SSSR count). The minimum absolute atomic E-state index is 0.148. The van der Waals surface area contributed by atoms with Gasteiger partial charge in [0.2, 0.25) is 5.88 Å². The van der Waals surface area contributed by atoms with E-state index in [9.17, 15) is 4.79 Å². The van der Waals surface area contributed by atoms with Crippen LogP contribution in [0.2, 0.25) is 0 Å². The van der Waals surface area contributed by atoms with E-state index in [1.54, 1.807) is 7.05 Å². The predicted molar refractivity (Wildman–Crippen MR) is 64.1 cm³/mol. The third-order valence-electron chi connectivity index (χ3n) is 2.19. The highest BCUT2D eigenvalue weighted by Gasteiger charge is 2.15. The van der Waals surface area contributed by atoms with Crippen molar-refractivity contribution in [1.82, 2.24) is 25.0 Å². The Hall–Kier alpha value is -2.71. The normalized spacial score (nSPS) is 10.1. The van der Waals surface area contributed by atoms with Gasteiger partial charge < -0.3 is 14.8 Å². The van der Waals surface area contributed by atoms with Crippen LogP contribution in [-0.2, 0) is 7.05 Å². The number of ether oxygens (including phenoxy) is 2. The molecule has 0 unspecified atom stereocenters. The summed E-state index contributed by atoms with van der Waals surface area (Å²) < 4.78 is 11.3. The molecule has 9 nitrogen and oxygen atoms in total. The quantitative estimate of drug-likeness (QED) is 0.820. The molecule has 100 valence electrons. The van der Waals surface area contributed by atoms with Crippen LogP contribution in [0.1, 0.15) is 10.5 Å². The highest BCUT2D eigenvalue weighted by atomic mass is 16.5. The van der Waals surface area contributed by atoms with Crippen LogP contribution in [-0.4, -0.2) is 45.1 Å². The van der Waals surface area contributed by atoms with Crippen LogP contribution in [0.25, 0.3) is 0 Å². The molecule has 19 heavy (non-hydrogen) atoms. The largest absolute Gasteiger partial charge is 0.479 e. The molecular formula is C10H12N6O3. The van der Waals surface area contributed by atoms with Gasteiger partial charge in [0.15, 0.2) is 5.69 Å². The van der Waals surface area contributed by atoms with E-state index in [2.05, 4.69) is 25.6 Å². The lowest BCUT2D eigenvalue weighted by molar-refractivity contribution is 0.102. The first-order valence-corrected chi connectivity index (χ1v) is 5.26. The van der Waals surface area contributed by atoms with Crippen LogP contribution >= 0.6 is 0 Å². The number of hydrogen-bond donors (Lipinski definition) is 1. The van der Waals surface area contributed by atoms with E-state index in [-0.39, 0.29) is 17.6 Å². The van der Waals surface area contributed by atoms with Crippen molar-refractivity contribution in [3.63, 3.8) is 0 Å². The molecule has 0 radical (unpaired) electrons. The third-order valence-corrected chi connectivity index (χ3v) is 2.19. The molecule has 1 amide bonds. The van der Waals surface area contributed by atoms with Gasteiger partial charge in [-0.3, -0.25) is 9.48 Å². The Morgan fingerprint density at radius 1 is 1.37 bits per heavy atom. The van der Waals surface area contributed by atoms with Gasteiger partial charge in [0, 0.05) is 7.05 Å². The minimum Gasteiger partial charge on any atom is -0.479 e. The van der Waals surface area contributed by atoms with Crippen molar-refractivity contribution in [2.45, 2.75) is 0 Å². The summed E-state index contributed by atoms with van der Waals surface area (Å²) in [5, 5.41) is 9.95. The Morgan fingerprint density at radius 3 is 2.74 bits per heavy atom. The van der Waals surface area contributed by atoms with E-state index in [0.29, 0.717) is 5.69 Å². The molecule has 0 bridgehead atoms. The Balaban J connectivity index is 2.21. The molecule has 9 heteroatoms. The maximum Gasteiger partial charge on any atom is 0.319 e. The van der Waals surface area contributed by atoms with Gasteiger partial charge in [-0.25, -0.2) is 4.98 Å². The Morgan fingerprint density at radius 2 is 2.16 bits per heavy atom. The second kappa shape index (κ2) is 5.29. The monoisotopic (exact) mass is 264 g/mol. The summed E-state index contributed by atoms with van der Waals surface area (Å²) in [5.41, 5.74) is 0.499. The molecule has 0 saturated carbocycles. The van der Waals surface area contributed by atoms with Crippen LogP contribution < -0.4 is 14.8 Å². The van der Waals surface area contributed by atoms with Crippen molar-refractivity contribution in [3.05, 3.63) is 18.1 Å². The predicted octanol–water partition coefficient (Wildman–Crippen LogP) is -0.125. The van der Waals surface area contributed by atoms with E-state index in [0.717, 1.165) is 0 Å². The summed E-state index contributed by atoms with van der Waals surface area (Å²) in [4.78, 5) is 19.7. The first-order valence-electron chi connectivity index (χ1n) is 5.26. The average Bonchev–Trinajstić information content (AvgIpc) is 2.86. The molecule has 2 aromatic heterocycles. The standard InChI is InChI=1S/C10H12N6O3/c1-16-5-7(14-15-16)8(17)12-6-4-11-10(19-3)13-9(6)18-2/h4-5H,1-3H3,(H,12,17). The van der Waals surface area contributed by atoms with Crippen molar-refractivity contribution in [2.24, 2.45) is 7.05 Å². The molecule has 0 aliphatic carbocycles. The second-order valence-corrected chi connectivity index (χ2v) is 3.51. The van der Waals surface area contributed by atoms with Gasteiger partial charge in [0.1, 0.15) is 5.69 Å². The zero-order valence-corrected chi connectivity index (χ0v) is 10.6. The lowest BCUT2D eigenvalue weighted by atomic mass is 10.4. The number of nitrogens with zero attached hydrogens (tertiary/aromatic N) is 5. The Kier molecular flexibility index (Phi) is 3.55. The first-order chi connectivity index (χ1) is 9.13. The summed E-state index contributed by atoms with van der Waals surface area (Å²) in [6.45, 7) is 0. The van der Waals surface area contributed by atoms with Gasteiger partial charge in [-0.05, 0) is 0 Å². The maximum absolute atomic E-state index is 11.9. The van der Waals surface area contributed by atoms with E-state index < -0.39 is 5.91 Å². The second-order valence-electron chi connectivity index (χ2n) is 3.51. The van der Waals surface area contributed by atoms with Crippen molar-refractivity contribution >= 4 is 11.6 Å². The van der Waals surface area contributed by atoms with Gasteiger partial charge in [0.25, 0.3) is 5.91 Å². The Labute approximate surface area is 108 Å². The van der Waals surface area contributed by atoms with Gasteiger partial charge in [-0.15, -0.1) is 5.10 Å². The summed E-state index contributed by atoms with van der Waals surface area (Å²) >= 11 is 0. The van der Waals surface area contributed by atoms with Crippen molar-refractivity contribution in [2.75, 3.05) is 19.5 Å². The molecule has 0 atom stereocenters. The molecule has 1 N–H and O–H groups in total. The number of rotatable bonds is 4. The Bertz CT molecular complexity index is 597. The molecule has 0 aromatic carbocycles. The molecular weight excluding hydrogens is 252 g/mol. The van der Waals surface area contributed by atoms with E-state index in [4.69, 9.17) is 9.47 Å². The molecule has 2 aromatic rings. The smallest absolute Gasteiger partial charge is 0.319 e. The minimum atomic E-state index is -0.430. The van der Waals surface area contributed by atoms with Crippen LogP contribution in [0.15, 0.2) is 12.4 Å². The van der Waals surface area contributed by atoms with Gasteiger partial charge in [0.05, 0.1) is 26.6 Å². The van der Waals surface area contributed by atoms with Gasteiger partial charge in [-0.2, -0.15) is 4.98 Å². The lowest BCUT2D eigenvalue weighted by Crippen LogP contribution is -2.14. The fourth-order valence-electron chi connectivity index (χ4n) is 1.33. The molecule has 0 aliphatic rings. The molecule has 0 aliphatic heterocycles. The number of aryl methyl sites for hydroxylation is 1. The average molecular weight is 264 g/mol. The fraction of sp³-hybridized carbons (Fsp3) is 0.300. The number of aromatic nitrogens is 5. The summed E-state index contributed by atoms with van der Waals surface area (Å²) in [7, 11) is 4.53. The van der Waals surface area contributed by atoms with Crippen molar-refractivity contribution in [1.29, 1.82) is 0 Å². The zero-order valence-electron chi connectivity index (χ0n) is 10.6. The number of amides is 1. The van der Waals surface area contributed by atoms with E-state index >= 15 is 0 Å². The number of carbonyl (C=O) groups excluding carboxylic acids is 1. The maximum atomic E-state index is 11.9. The number of carbonyl (C=O) groups is 1. The lowest BCUT2D eigenvalue weighted by Gasteiger charge is -2.08.